The lowest BCUT2D eigenvalue weighted by atomic mass is 10.0. The first-order valence-electron chi connectivity index (χ1n) is 8.41. The molecule has 0 fully saturated rings. The molecule has 2 aromatic rings. The molecule has 0 unspecified atom stereocenters. The molecular formula is C20H21N3O4. The quantitative estimate of drug-likeness (QED) is 0.435. The zero-order valence-corrected chi connectivity index (χ0v) is 15.2. The van der Waals surface area contributed by atoms with Crippen molar-refractivity contribution < 1.29 is 14.5 Å². The molecule has 0 aliphatic carbocycles. The van der Waals surface area contributed by atoms with E-state index in [4.69, 9.17) is 4.74 Å². The van der Waals surface area contributed by atoms with Crippen LogP contribution >= 0.6 is 0 Å². The van der Waals surface area contributed by atoms with E-state index in [0.717, 1.165) is 0 Å². The molecular weight excluding hydrogens is 346 g/mol. The van der Waals surface area contributed by atoms with Gasteiger partial charge in [-0.15, -0.1) is 0 Å². The van der Waals surface area contributed by atoms with Crippen molar-refractivity contribution >= 4 is 23.9 Å². The second-order valence-electron chi connectivity index (χ2n) is 6.04. The molecule has 2 aromatic carbocycles. The van der Waals surface area contributed by atoms with E-state index >= 15 is 0 Å². The first-order valence-corrected chi connectivity index (χ1v) is 8.41. The van der Waals surface area contributed by atoms with Crippen LogP contribution in [0.1, 0.15) is 30.9 Å². The number of nitrogens with one attached hydrogen (secondary N) is 1. The highest BCUT2D eigenvalue weighted by molar-refractivity contribution is 5.82. The van der Waals surface area contributed by atoms with E-state index in [0.29, 0.717) is 17.2 Å². The minimum atomic E-state index is -0.456. The molecule has 27 heavy (non-hydrogen) atoms. The van der Waals surface area contributed by atoms with Crippen LogP contribution in [-0.2, 0) is 4.79 Å². The molecule has 0 aliphatic heterocycles. The standard InChI is InChI=1S/C20H21N3O4/c1-15(2)17-8-10-19(11-9-17)27-14-20(24)22-21-12-4-6-16-5-3-7-18(13-16)23(25)26/h3-13,15H,14H2,1-2H3,(H,22,24). The molecule has 1 N–H and O–H groups in total. The zero-order chi connectivity index (χ0) is 19.6. The maximum atomic E-state index is 11.7. The monoisotopic (exact) mass is 367 g/mol. The zero-order valence-electron chi connectivity index (χ0n) is 15.2. The summed E-state index contributed by atoms with van der Waals surface area (Å²) in [6, 6.07) is 13.8. The Labute approximate surface area is 157 Å². The molecule has 1 amide bonds. The van der Waals surface area contributed by atoms with Crippen LogP contribution in [0.25, 0.3) is 6.08 Å². The summed E-state index contributed by atoms with van der Waals surface area (Å²) < 4.78 is 5.40. The van der Waals surface area contributed by atoms with Gasteiger partial charge in [0.15, 0.2) is 6.61 Å². The van der Waals surface area contributed by atoms with Crippen LogP contribution in [0.15, 0.2) is 59.7 Å². The fourth-order valence-electron chi connectivity index (χ4n) is 2.18. The van der Waals surface area contributed by atoms with Crippen LogP contribution in [0.4, 0.5) is 5.69 Å². The van der Waals surface area contributed by atoms with E-state index in [1.165, 1.54) is 23.9 Å². The van der Waals surface area contributed by atoms with Crippen molar-refractivity contribution in [2.45, 2.75) is 19.8 Å². The first kappa shape index (κ1) is 19.8. The van der Waals surface area contributed by atoms with Gasteiger partial charge in [-0.25, -0.2) is 5.43 Å². The van der Waals surface area contributed by atoms with Crippen LogP contribution in [0, 0.1) is 10.1 Å². The fraction of sp³-hybridized carbons (Fsp3) is 0.200. The Kier molecular flexibility index (Phi) is 7.25. The summed E-state index contributed by atoms with van der Waals surface area (Å²) in [6.07, 6.45) is 4.61. The Morgan fingerprint density at radius 3 is 2.67 bits per heavy atom. The van der Waals surface area contributed by atoms with E-state index < -0.39 is 4.92 Å². The lowest BCUT2D eigenvalue weighted by molar-refractivity contribution is -0.384. The van der Waals surface area contributed by atoms with Gasteiger partial charge in [0.05, 0.1) is 4.92 Å². The fourth-order valence-corrected chi connectivity index (χ4v) is 2.18. The van der Waals surface area contributed by atoms with Gasteiger partial charge in [0.2, 0.25) is 0 Å². The van der Waals surface area contributed by atoms with Crippen molar-refractivity contribution in [3.8, 4) is 5.75 Å². The van der Waals surface area contributed by atoms with Crippen molar-refractivity contribution in [1.29, 1.82) is 0 Å². The van der Waals surface area contributed by atoms with Crippen molar-refractivity contribution in [2.75, 3.05) is 6.61 Å². The van der Waals surface area contributed by atoms with Crippen LogP contribution in [0.5, 0.6) is 5.75 Å². The first-order chi connectivity index (χ1) is 13.0. The average Bonchev–Trinajstić information content (AvgIpc) is 2.66. The van der Waals surface area contributed by atoms with Crippen molar-refractivity contribution in [3.05, 3.63) is 75.8 Å². The summed E-state index contributed by atoms with van der Waals surface area (Å²) in [5.41, 5.74) is 4.22. The van der Waals surface area contributed by atoms with E-state index in [1.54, 1.807) is 24.3 Å². The summed E-state index contributed by atoms with van der Waals surface area (Å²) in [4.78, 5) is 21.9. The molecule has 0 spiro atoms. The van der Waals surface area contributed by atoms with Gasteiger partial charge in [-0.1, -0.05) is 44.2 Å². The van der Waals surface area contributed by atoms with Crippen molar-refractivity contribution in [1.82, 2.24) is 5.43 Å². The van der Waals surface area contributed by atoms with Crippen molar-refractivity contribution in [2.24, 2.45) is 5.10 Å². The molecule has 0 aliphatic rings. The van der Waals surface area contributed by atoms with Gasteiger partial charge < -0.3 is 4.74 Å². The summed E-state index contributed by atoms with van der Waals surface area (Å²) in [7, 11) is 0. The van der Waals surface area contributed by atoms with Crippen LogP contribution in [0.2, 0.25) is 0 Å². The Hall–Kier alpha value is -3.48. The summed E-state index contributed by atoms with van der Waals surface area (Å²) >= 11 is 0. The Balaban J connectivity index is 1.76. The van der Waals surface area contributed by atoms with Crippen LogP contribution in [0.3, 0.4) is 0 Å². The number of nitro benzene ring substituents is 1. The highest BCUT2D eigenvalue weighted by Crippen LogP contribution is 2.18. The van der Waals surface area contributed by atoms with E-state index in [9.17, 15) is 14.9 Å². The van der Waals surface area contributed by atoms with Gasteiger partial charge in [0.1, 0.15) is 5.75 Å². The summed E-state index contributed by atoms with van der Waals surface area (Å²) in [5.74, 6) is 0.666. The highest BCUT2D eigenvalue weighted by atomic mass is 16.6. The topological polar surface area (TPSA) is 93.8 Å². The number of allylic oxidation sites excluding steroid dienone is 1. The minimum absolute atomic E-state index is 0.0148. The molecule has 140 valence electrons. The van der Waals surface area contributed by atoms with E-state index in [2.05, 4.69) is 24.4 Å². The number of carbonyl (C=O) groups excluding carboxylic acids is 1. The molecule has 0 bridgehead atoms. The molecule has 0 saturated heterocycles. The Morgan fingerprint density at radius 2 is 2.00 bits per heavy atom. The van der Waals surface area contributed by atoms with Gasteiger partial charge in [-0.3, -0.25) is 14.9 Å². The third-order valence-corrected chi connectivity index (χ3v) is 3.64. The van der Waals surface area contributed by atoms with Gasteiger partial charge in [-0.2, -0.15) is 5.10 Å². The largest absolute Gasteiger partial charge is 0.484 e. The maximum absolute atomic E-state index is 11.7. The molecule has 7 nitrogen and oxygen atoms in total. The van der Waals surface area contributed by atoms with Crippen LogP contribution in [-0.4, -0.2) is 23.7 Å². The summed E-state index contributed by atoms with van der Waals surface area (Å²) in [6.45, 7) is 4.07. The third kappa shape index (κ3) is 6.74. The number of rotatable bonds is 8. The lowest BCUT2D eigenvalue weighted by Crippen LogP contribution is -2.24. The molecule has 0 heterocycles. The van der Waals surface area contributed by atoms with Crippen LogP contribution < -0.4 is 10.2 Å². The number of ether oxygens (including phenoxy) is 1. The smallest absolute Gasteiger partial charge is 0.277 e. The molecule has 2 rings (SSSR count). The predicted octanol–water partition coefficient (Wildman–Crippen LogP) is 3.91. The number of benzene rings is 2. The van der Waals surface area contributed by atoms with Gasteiger partial charge in [0, 0.05) is 18.3 Å². The second-order valence-corrected chi connectivity index (χ2v) is 6.04. The van der Waals surface area contributed by atoms with Gasteiger partial charge in [0.25, 0.3) is 11.6 Å². The Morgan fingerprint density at radius 1 is 1.26 bits per heavy atom. The molecule has 0 radical (unpaired) electrons. The molecule has 7 heteroatoms. The number of hydrogen-bond donors (Lipinski definition) is 1. The number of nitro groups is 1. The SMILES string of the molecule is CC(C)c1ccc(OCC(=O)NN=CC=Cc2cccc([N+](=O)[O-])c2)cc1. The lowest BCUT2D eigenvalue weighted by Gasteiger charge is -2.08. The number of hydrazone groups is 1. The number of hydrogen-bond acceptors (Lipinski definition) is 5. The molecule has 0 saturated carbocycles. The van der Waals surface area contributed by atoms with Gasteiger partial charge >= 0.3 is 0 Å². The van der Waals surface area contributed by atoms with E-state index in [1.807, 2.05) is 24.3 Å². The number of carbonyl (C=O) groups is 1. The number of non-ortho nitro benzene ring substituents is 1. The predicted molar refractivity (Wildman–Crippen MR) is 105 cm³/mol. The average molecular weight is 367 g/mol. The second kappa shape index (κ2) is 9.86. The molecule has 0 aromatic heterocycles. The number of amides is 1. The Bertz CT molecular complexity index is 843. The highest BCUT2D eigenvalue weighted by Gasteiger charge is 2.04. The normalized spacial score (nSPS) is 11.2. The number of nitrogens with zero attached hydrogens (tertiary/aromatic N) is 2. The maximum Gasteiger partial charge on any atom is 0.277 e. The van der Waals surface area contributed by atoms with Gasteiger partial charge in [-0.05, 0) is 35.3 Å². The van der Waals surface area contributed by atoms with Crippen molar-refractivity contribution in [3.63, 3.8) is 0 Å². The summed E-state index contributed by atoms with van der Waals surface area (Å²) in [5, 5.41) is 14.5. The van der Waals surface area contributed by atoms with E-state index in [-0.39, 0.29) is 18.2 Å². The third-order valence-electron chi connectivity index (χ3n) is 3.64. The molecule has 0 atom stereocenters. The minimum Gasteiger partial charge on any atom is -0.484 e.